The number of aryl methyl sites for hydroxylation is 1. The molecule has 1 atom stereocenters. The maximum absolute atomic E-state index is 11.9. The van der Waals surface area contributed by atoms with Gasteiger partial charge >= 0.3 is 0 Å². The fourth-order valence-electron chi connectivity index (χ4n) is 2.51. The molecule has 0 fully saturated rings. The van der Waals surface area contributed by atoms with Gasteiger partial charge in [0, 0.05) is 12.6 Å². The van der Waals surface area contributed by atoms with Crippen LogP contribution in [0.1, 0.15) is 51.3 Å². The van der Waals surface area contributed by atoms with Crippen molar-refractivity contribution in [2.75, 3.05) is 10.6 Å². The van der Waals surface area contributed by atoms with Crippen molar-refractivity contribution in [2.24, 2.45) is 5.41 Å². The summed E-state index contributed by atoms with van der Waals surface area (Å²) < 4.78 is 0. The van der Waals surface area contributed by atoms with E-state index >= 15 is 0 Å². The van der Waals surface area contributed by atoms with Crippen LogP contribution in [0.2, 0.25) is 0 Å². The summed E-state index contributed by atoms with van der Waals surface area (Å²) in [5.41, 5.74) is 2.46. The largest absolute Gasteiger partial charge is 0.377 e. The summed E-state index contributed by atoms with van der Waals surface area (Å²) in [6.07, 6.45) is 0.796. The van der Waals surface area contributed by atoms with Gasteiger partial charge in [-0.2, -0.15) is 5.26 Å². The highest BCUT2D eigenvalue weighted by atomic mass is 16.2. The number of nitrogens with zero attached hydrogens (tertiary/aromatic N) is 1. The van der Waals surface area contributed by atoms with Gasteiger partial charge in [0.1, 0.15) is 11.4 Å². The Labute approximate surface area is 148 Å². The molecule has 25 heavy (non-hydrogen) atoms. The Morgan fingerprint density at radius 1 is 1.12 bits per heavy atom. The van der Waals surface area contributed by atoms with Crippen LogP contribution in [0.25, 0.3) is 0 Å². The van der Waals surface area contributed by atoms with E-state index in [1.54, 1.807) is 6.07 Å². The predicted molar refractivity (Wildman–Crippen MR) is 102 cm³/mol. The van der Waals surface area contributed by atoms with Gasteiger partial charge in [0.15, 0.2) is 0 Å². The molecule has 0 aliphatic carbocycles. The Morgan fingerprint density at radius 3 is 2.32 bits per heavy atom. The van der Waals surface area contributed by atoms with E-state index in [0.29, 0.717) is 23.5 Å². The first-order chi connectivity index (χ1) is 11.7. The molecule has 0 aromatic heterocycles. The van der Waals surface area contributed by atoms with Gasteiger partial charge in [-0.15, -0.1) is 0 Å². The summed E-state index contributed by atoms with van der Waals surface area (Å²) >= 11 is 0. The molecule has 0 radical (unpaired) electrons. The van der Waals surface area contributed by atoms with Gasteiger partial charge < -0.3 is 10.6 Å². The molecule has 0 spiro atoms. The van der Waals surface area contributed by atoms with Crippen molar-refractivity contribution in [1.82, 2.24) is 0 Å². The van der Waals surface area contributed by atoms with Crippen LogP contribution in [0.4, 0.5) is 11.4 Å². The molecular formula is C20H25N3O2. The van der Waals surface area contributed by atoms with Crippen molar-refractivity contribution in [1.29, 1.82) is 5.26 Å². The van der Waals surface area contributed by atoms with E-state index in [4.69, 9.17) is 5.26 Å². The molecule has 0 aliphatic heterocycles. The van der Waals surface area contributed by atoms with Gasteiger partial charge in [-0.3, -0.25) is 9.59 Å². The van der Waals surface area contributed by atoms with E-state index in [1.165, 1.54) is 0 Å². The molecule has 0 heterocycles. The molecule has 0 aliphatic rings. The average molecular weight is 339 g/mol. The molecule has 5 heteroatoms. The SMILES string of the molecule is CCc1cc(C#N)ccc1CNc1c(NC(C)C(C)(C)C)c(=O)c1=O. The molecule has 2 rings (SSSR count). The molecule has 0 saturated heterocycles. The standard InChI is InChI=1S/C20H25N3O2/c1-6-14-9-13(10-21)7-8-15(14)11-22-16-17(19(25)18(16)24)23-12(2)20(3,4)5/h7-9,12,22-23H,6,11H2,1-5H3. The number of rotatable bonds is 6. The van der Waals surface area contributed by atoms with E-state index in [0.717, 1.165) is 17.5 Å². The van der Waals surface area contributed by atoms with E-state index in [2.05, 4.69) is 37.5 Å². The van der Waals surface area contributed by atoms with Gasteiger partial charge in [-0.1, -0.05) is 33.8 Å². The second-order valence-electron chi connectivity index (χ2n) is 7.44. The Hall–Kier alpha value is -2.61. The maximum atomic E-state index is 11.9. The Bertz CT molecular complexity index is 878. The summed E-state index contributed by atoms with van der Waals surface area (Å²) in [4.78, 5) is 23.8. The molecule has 2 aromatic carbocycles. The fraction of sp³-hybridized carbons (Fsp3) is 0.450. The van der Waals surface area contributed by atoms with Gasteiger partial charge in [-0.25, -0.2) is 0 Å². The average Bonchev–Trinajstić information content (AvgIpc) is 2.59. The van der Waals surface area contributed by atoms with Crippen molar-refractivity contribution < 1.29 is 0 Å². The number of anilines is 2. The molecule has 0 amide bonds. The van der Waals surface area contributed by atoms with Crippen LogP contribution in [0.15, 0.2) is 27.8 Å². The van der Waals surface area contributed by atoms with E-state index in [-0.39, 0.29) is 11.5 Å². The maximum Gasteiger partial charge on any atom is 0.253 e. The van der Waals surface area contributed by atoms with Crippen molar-refractivity contribution in [3.63, 3.8) is 0 Å². The molecule has 5 nitrogen and oxygen atoms in total. The van der Waals surface area contributed by atoms with Crippen LogP contribution < -0.4 is 21.5 Å². The Kier molecular flexibility index (Phi) is 5.32. The van der Waals surface area contributed by atoms with Gasteiger partial charge in [0.05, 0.1) is 11.6 Å². The Morgan fingerprint density at radius 2 is 1.76 bits per heavy atom. The quantitative estimate of drug-likeness (QED) is 0.790. The second-order valence-corrected chi connectivity index (χ2v) is 7.44. The number of hydrogen-bond donors (Lipinski definition) is 2. The topological polar surface area (TPSA) is 82.0 Å². The van der Waals surface area contributed by atoms with Crippen molar-refractivity contribution in [2.45, 2.75) is 53.6 Å². The summed E-state index contributed by atoms with van der Waals surface area (Å²) in [5.74, 6) is 0. The first-order valence-electron chi connectivity index (χ1n) is 8.54. The monoisotopic (exact) mass is 339 g/mol. The number of hydrogen-bond acceptors (Lipinski definition) is 5. The third-order valence-electron chi connectivity index (χ3n) is 4.74. The molecule has 0 saturated carbocycles. The molecular weight excluding hydrogens is 314 g/mol. The van der Waals surface area contributed by atoms with Crippen LogP contribution in [0.3, 0.4) is 0 Å². The highest BCUT2D eigenvalue weighted by Gasteiger charge is 2.26. The molecule has 0 bridgehead atoms. The summed E-state index contributed by atoms with van der Waals surface area (Å²) in [6, 6.07) is 7.70. The lowest BCUT2D eigenvalue weighted by Gasteiger charge is -2.30. The zero-order valence-corrected chi connectivity index (χ0v) is 15.5. The smallest absolute Gasteiger partial charge is 0.253 e. The third-order valence-corrected chi connectivity index (χ3v) is 4.74. The van der Waals surface area contributed by atoms with Crippen molar-refractivity contribution in [3.05, 3.63) is 55.3 Å². The highest BCUT2D eigenvalue weighted by molar-refractivity contribution is 5.74. The van der Waals surface area contributed by atoms with Crippen molar-refractivity contribution >= 4 is 11.4 Å². The van der Waals surface area contributed by atoms with E-state index < -0.39 is 10.9 Å². The van der Waals surface area contributed by atoms with Crippen LogP contribution >= 0.6 is 0 Å². The molecule has 2 aromatic rings. The van der Waals surface area contributed by atoms with E-state index in [1.807, 2.05) is 26.0 Å². The van der Waals surface area contributed by atoms with Gasteiger partial charge in [0.25, 0.3) is 10.9 Å². The van der Waals surface area contributed by atoms with E-state index in [9.17, 15) is 9.59 Å². The minimum absolute atomic E-state index is 0.0282. The lowest BCUT2D eigenvalue weighted by Crippen LogP contribution is -2.42. The van der Waals surface area contributed by atoms with Gasteiger partial charge in [0.2, 0.25) is 0 Å². The summed E-state index contributed by atoms with van der Waals surface area (Å²) in [7, 11) is 0. The normalized spacial score (nSPS) is 12.6. The fourth-order valence-corrected chi connectivity index (χ4v) is 2.51. The van der Waals surface area contributed by atoms with Crippen LogP contribution in [-0.2, 0) is 13.0 Å². The third kappa shape index (κ3) is 3.90. The predicted octanol–water partition coefficient (Wildman–Crippen LogP) is 3.18. The number of nitrogens with one attached hydrogen (secondary N) is 2. The van der Waals surface area contributed by atoms with Crippen LogP contribution in [0.5, 0.6) is 0 Å². The molecule has 132 valence electrons. The summed E-state index contributed by atoms with van der Waals surface area (Å²) in [5, 5.41) is 15.3. The zero-order chi connectivity index (χ0) is 18.8. The first-order valence-corrected chi connectivity index (χ1v) is 8.54. The molecule has 2 N–H and O–H groups in total. The van der Waals surface area contributed by atoms with Gasteiger partial charge in [-0.05, 0) is 42.0 Å². The second kappa shape index (κ2) is 7.10. The summed E-state index contributed by atoms with van der Waals surface area (Å²) in [6.45, 7) is 10.7. The lowest BCUT2D eigenvalue weighted by molar-refractivity contribution is 0.359. The number of benzene rings is 1. The highest BCUT2D eigenvalue weighted by Crippen LogP contribution is 2.25. The zero-order valence-electron chi connectivity index (χ0n) is 15.5. The van der Waals surface area contributed by atoms with Crippen molar-refractivity contribution in [3.8, 4) is 6.07 Å². The van der Waals surface area contributed by atoms with Crippen LogP contribution in [-0.4, -0.2) is 6.04 Å². The first kappa shape index (κ1) is 18.7. The molecule has 1 unspecified atom stereocenters. The minimum Gasteiger partial charge on any atom is -0.377 e. The Balaban J connectivity index is 2.18. The number of nitriles is 1. The van der Waals surface area contributed by atoms with Crippen LogP contribution in [0, 0.1) is 16.7 Å². The minimum atomic E-state index is -0.477. The lowest BCUT2D eigenvalue weighted by atomic mass is 9.87.